The van der Waals surface area contributed by atoms with Gasteiger partial charge in [0.1, 0.15) is 0 Å². The molecule has 0 spiro atoms. The first kappa shape index (κ1) is 17.4. The molecule has 1 N–H and O–H groups in total. The number of imide groups is 1. The van der Waals surface area contributed by atoms with Crippen molar-refractivity contribution in [3.63, 3.8) is 0 Å². The molecular formula is C22H19ClN2O3. The van der Waals surface area contributed by atoms with Crippen molar-refractivity contribution in [2.24, 2.45) is 23.7 Å². The Labute approximate surface area is 167 Å². The van der Waals surface area contributed by atoms with E-state index in [1.807, 2.05) is 30.3 Å². The van der Waals surface area contributed by atoms with Gasteiger partial charge in [0.2, 0.25) is 0 Å². The van der Waals surface area contributed by atoms with E-state index in [2.05, 4.69) is 5.43 Å². The van der Waals surface area contributed by atoms with E-state index in [4.69, 9.17) is 11.6 Å². The lowest BCUT2D eigenvalue weighted by Gasteiger charge is -2.28. The molecule has 1 aliphatic heterocycles. The first-order chi connectivity index (χ1) is 13.5. The van der Waals surface area contributed by atoms with E-state index in [-0.39, 0.29) is 41.4 Å². The molecule has 0 radical (unpaired) electrons. The van der Waals surface area contributed by atoms with Crippen molar-refractivity contribution in [2.45, 2.75) is 18.8 Å². The number of halogens is 1. The molecule has 1 heterocycles. The van der Waals surface area contributed by atoms with Crippen molar-refractivity contribution in [3.05, 3.63) is 70.7 Å². The summed E-state index contributed by atoms with van der Waals surface area (Å²) in [5.41, 5.74) is 4.12. The summed E-state index contributed by atoms with van der Waals surface area (Å²) in [5, 5.41) is 1.65. The summed E-state index contributed by atoms with van der Waals surface area (Å²) in [4.78, 5) is 38.4. The Bertz CT molecular complexity index is 960. The minimum atomic E-state index is -0.441. The molecule has 2 aliphatic carbocycles. The van der Waals surface area contributed by atoms with E-state index < -0.39 is 5.91 Å². The third-order valence-corrected chi connectivity index (χ3v) is 6.81. The molecule has 142 valence electrons. The van der Waals surface area contributed by atoms with Crippen LogP contribution in [0.3, 0.4) is 0 Å². The number of hydrogen-bond donors (Lipinski definition) is 1. The number of carbonyl (C=O) groups is 3. The van der Waals surface area contributed by atoms with Gasteiger partial charge in [0.15, 0.2) is 0 Å². The van der Waals surface area contributed by atoms with Gasteiger partial charge >= 0.3 is 0 Å². The fourth-order valence-corrected chi connectivity index (χ4v) is 5.54. The number of hydrogen-bond acceptors (Lipinski definition) is 3. The van der Waals surface area contributed by atoms with Crippen LogP contribution in [0.5, 0.6) is 0 Å². The molecular weight excluding hydrogens is 376 g/mol. The smallest absolute Gasteiger partial charge is 0.270 e. The third kappa shape index (κ3) is 2.57. The summed E-state index contributed by atoms with van der Waals surface area (Å²) in [7, 11) is 0. The van der Waals surface area contributed by atoms with Crippen molar-refractivity contribution in [1.29, 1.82) is 0 Å². The van der Waals surface area contributed by atoms with Crippen molar-refractivity contribution >= 4 is 29.3 Å². The Kier molecular flexibility index (Phi) is 4.02. The lowest BCUT2D eigenvalue weighted by molar-refractivity contribution is -0.143. The van der Waals surface area contributed by atoms with Gasteiger partial charge in [0.25, 0.3) is 17.7 Å². The second-order valence-corrected chi connectivity index (χ2v) is 8.36. The highest BCUT2D eigenvalue weighted by Gasteiger charge is 2.64. The van der Waals surface area contributed by atoms with Crippen LogP contribution in [0.4, 0.5) is 0 Å². The highest BCUT2D eigenvalue weighted by molar-refractivity contribution is 6.30. The summed E-state index contributed by atoms with van der Waals surface area (Å²) < 4.78 is 0. The zero-order chi connectivity index (χ0) is 19.4. The van der Waals surface area contributed by atoms with Crippen LogP contribution in [0.15, 0.2) is 54.6 Å². The lowest BCUT2D eigenvalue weighted by Crippen LogP contribution is -2.47. The largest absolute Gasteiger partial charge is 0.272 e. The Morgan fingerprint density at radius 2 is 1.61 bits per heavy atom. The van der Waals surface area contributed by atoms with Crippen LogP contribution in [-0.2, 0) is 9.59 Å². The van der Waals surface area contributed by atoms with Crippen molar-refractivity contribution in [3.8, 4) is 0 Å². The molecule has 2 aromatic carbocycles. The van der Waals surface area contributed by atoms with Gasteiger partial charge in [-0.3, -0.25) is 19.8 Å². The molecule has 5 rings (SSSR count). The second kappa shape index (κ2) is 6.45. The van der Waals surface area contributed by atoms with Crippen molar-refractivity contribution < 1.29 is 14.4 Å². The number of carbonyl (C=O) groups excluding carboxylic acids is 3. The van der Waals surface area contributed by atoms with Gasteiger partial charge in [-0.25, -0.2) is 0 Å². The quantitative estimate of drug-likeness (QED) is 0.811. The zero-order valence-electron chi connectivity index (χ0n) is 15.0. The molecule has 2 aromatic rings. The van der Waals surface area contributed by atoms with E-state index >= 15 is 0 Å². The van der Waals surface area contributed by atoms with Crippen LogP contribution in [0.2, 0.25) is 5.02 Å². The van der Waals surface area contributed by atoms with E-state index in [1.54, 1.807) is 24.3 Å². The molecule has 2 bridgehead atoms. The van der Waals surface area contributed by atoms with Gasteiger partial charge in [0.05, 0.1) is 11.8 Å². The number of hydrazine groups is 1. The number of fused-ring (bicyclic) bond motifs is 5. The van der Waals surface area contributed by atoms with E-state index in [9.17, 15) is 14.4 Å². The van der Waals surface area contributed by atoms with Crippen LogP contribution >= 0.6 is 11.6 Å². The number of benzene rings is 2. The highest BCUT2D eigenvalue weighted by atomic mass is 35.5. The van der Waals surface area contributed by atoms with Crippen LogP contribution < -0.4 is 5.43 Å². The number of nitrogens with zero attached hydrogens (tertiary/aromatic N) is 1. The zero-order valence-corrected chi connectivity index (χ0v) is 15.8. The molecule has 2 saturated carbocycles. The Hall–Kier alpha value is -2.66. The molecule has 6 heteroatoms. The average Bonchev–Trinajstić information content (AvgIpc) is 3.37. The first-order valence-corrected chi connectivity index (χ1v) is 9.91. The standard InChI is InChI=1S/C22H19ClN2O3/c23-15-8-6-12(7-9-15)16-10-14-11-17(16)19-18(14)21(27)25(22(19)28)24-20(26)13-4-2-1-3-5-13/h1-9,14,16-19H,10-11H2,(H,24,26)/t14-,16+,17-,18-,19+/m0/s1. The maximum Gasteiger partial charge on any atom is 0.270 e. The number of amides is 3. The van der Waals surface area contributed by atoms with Gasteiger partial charge in [-0.2, -0.15) is 5.01 Å². The van der Waals surface area contributed by atoms with E-state index in [1.165, 1.54) is 5.56 Å². The van der Waals surface area contributed by atoms with Crippen molar-refractivity contribution in [1.82, 2.24) is 10.4 Å². The van der Waals surface area contributed by atoms with Gasteiger partial charge in [0, 0.05) is 10.6 Å². The molecule has 1 saturated heterocycles. The summed E-state index contributed by atoms with van der Waals surface area (Å²) in [6, 6.07) is 16.4. The molecule has 5 atom stereocenters. The second-order valence-electron chi connectivity index (χ2n) is 7.92. The normalized spacial score (nSPS) is 30.6. The monoisotopic (exact) mass is 394 g/mol. The van der Waals surface area contributed by atoms with Crippen LogP contribution in [0, 0.1) is 23.7 Å². The van der Waals surface area contributed by atoms with Crippen LogP contribution in [0.25, 0.3) is 0 Å². The Morgan fingerprint density at radius 3 is 2.32 bits per heavy atom. The lowest BCUT2D eigenvalue weighted by atomic mass is 9.73. The first-order valence-electron chi connectivity index (χ1n) is 9.54. The fourth-order valence-electron chi connectivity index (χ4n) is 5.42. The highest BCUT2D eigenvalue weighted by Crippen LogP contribution is 2.61. The van der Waals surface area contributed by atoms with E-state index in [0.717, 1.165) is 17.9 Å². The van der Waals surface area contributed by atoms with Crippen molar-refractivity contribution in [2.75, 3.05) is 0 Å². The molecule has 5 nitrogen and oxygen atoms in total. The van der Waals surface area contributed by atoms with Gasteiger partial charge < -0.3 is 0 Å². The predicted octanol–water partition coefficient (Wildman–Crippen LogP) is 3.41. The molecule has 0 unspecified atom stereocenters. The molecule has 3 aliphatic rings. The molecule has 0 aromatic heterocycles. The summed E-state index contributed by atoms with van der Waals surface area (Å²) >= 11 is 6.00. The maximum atomic E-state index is 13.1. The molecule has 3 fully saturated rings. The fraction of sp³-hybridized carbons (Fsp3) is 0.318. The summed E-state index contributed by atoms with van der Waals surface area (Å²) in [5.74, 6) is -1.06. The molecule has 3 amide bonds. The Balaban J connectivity index is 1.38. The third-order valence-electron chi connectivity index (χ3n) is 6.56. The average molecular weight is 395 g/mol. The van der Waals surface area contributed by atoms with Crippen LogP contribution in [0.1, 0.15) is 34.7 Å². The van der Waals surface area contributed by atoms with E-state index in [0.29, 0.717) is 10.6 Å². The topological polar surface area (TPSA) is 66.5 Å². The number of nitrogens with one attached hydrogen (secondary N) is 1. The Morgan fingerprint density at radius 1 is 0.929 bits per heavy atom. The van der Waals surface area contributed by atoms with Gasteiger partial charge in [-0.15, -0.1) is 0 Å². The maximum absolute atomic E-state index is 13.1. The van der Waals surface area contributed by atoms with Gasteiger partial charge in [-0.1, -0.05) is 41.9 Å². The SMILES string of the molecule is O=C(NN1C(=O)[C@@H]2[C@H]3C[C@H](C[C@@H]3c3ccc(Cl)cc3)[C@@H]2C1=O)c1ccccc1. The number of rotatable bonds is 3. The minimum absolute atomic E-state index is 0.131. The van der Waals surface area contributed by atoms with Gasteiger partial charge in [-0.05, 0) is 60.4 Å². The summed E-state index contributed by atoms with van der Waals surface area (Å²) in [6.45, 7) is 0. The predicted molar refractivity (Wildman–Crippen MR) is 103 cm³/mol. The molecule has 28 heavy (non-hydrogen) atoms. The van der Waals surface area contributed by atoms with Crippen LogP contribution in [-0.4, -0.2) is 22.7 Å². The summed E-state index contributed by atoms with van der Waals surface area (Å²) in [6.07, 6.45) is 1.79. The minimum Gasteiger partial charge on any atom is -0.272 e.